The predicted molar refractivity (Wildman–Crippen MR) is 85.8 cm³/mol. The van der Waals surface area contributed by atoms with Gasteiger partial charge in [0.15, 0.2) is 9.84 Å². The molecule has 20 heavy (non-hydrogen) atoms. The van der Waals surface area contributed by atoms with E-state index < -0.39 is 9.84 Å². The maximum atomic E-state index is 11.7. The monoisotopic (exact) mass is 297 g/mol. The fraction of sp³-hybridized carbons (Fsp3) is 0.625. The van der Waals surface area contributed by atoms with Gasteiger partial charge in [-0.15, -0.1) is 0 Å². The van der Waals surface area contributed by atoms with Gasteiger partial charge in [-0.2, -0.15) is 0 Å². The first-order valence-electron chi connectivity index (χ1n) is 7.41. The standard InChI is InChI=1S/C16H27NO2S/c1-4-13-17-16(14(2)20(3,18)19)12-8-11-15-9-6-5-7-10-15/h5-7,9-10,14,16-17H,4,8,11-13H2,1-3H3. The van der Waals surface area contributed by atoms with E-state index in [1.54, 1.807) is 0 Å². The van der Waals surface area contributed by atoms with Crippen LogP contribution in [0.1, 0.15) is 38.7 Å². The van der Waals surface area contributed by atoms with E-state index in [2.05, 4.69) is 24.4 Å². The second-order valence-electron chi connectivity index (χ2n) is 5.47. The van der Waals surface area contributed by atoms with Gasteiger partial charge in [0.25, 0.3) is 0 Å². The Bertz CT molecular complexity index is 471. The van der Waals surface area contributed by atoms with Crippen LogP contribution in [0.15, 0.2) is 30.3 Å². The first-order chi connectivity index (χ1) is 9.45. The van der Waals surface area contributed by atoms with Gasteiger partial charge in [0, 0.05) is 12.3 Å². The third-order valence-corrected chi connectivity index (χ3v) is 5.40. The quantitative estimate of drug-likeness (QED) is 0.762. The van der Waals surface area contributed by atoms with Crippen molar-refractivity contribution in [3.05, 3.63) is 35.9 Å². The minimum atomic E-state index is -2.99. The summed E-state index contributed by atoms with van der Waals surface area (Å²) in [7, 11) is -2.99. The zero-order valence-electron chi connectivity index (χ0n) is 12.8. The van der Waals surface area contributed by atoms with Crippen molar-refractivity contribution in [1.29, 1.82) is 0 Å². The average Bonchev–Trinajstić information content (AvgIpc) is 2.42. The van der Waals surface area contributed by atoms with E-state index in [0.717, 1.165) is 32.2 Å². The summed E-state index contributed by atoms with van der Waals surface area (Å²) in [6.45, 7) is 4.78. The van der Waals surface area contributed by atoms with Crippen LogP contribution >= 0.6 is 0 Å². The van der Waals surface area contributed by atoms with Crippen LogP contribution in [-0.2, 0) is 16.3 Å². The smallest absolute Gasteiger partial charge is 0.151 e. The molecule has 0 bridgehead atoms. The minimum absolute atomic E-state index is 0.0497. The van der Waals surface area contributed by atoms with Gasteiger partial charge in [-0.05, 0) is 44.7 Å². The largest absolute Gasteiger partial charge is 0.313 e. The molecule has 0 spiro atoms. The molecule has 1 aromatic carbocycles. The van der Waals surface area contributed by atoms with Crippen LogP contribution in [0.3, 0.4) is 0 Å². The van der Waals surface area contributed by atoms with Gasteiger partial charge >= 0.3 is 0 Å². The highest BCUT2D eigenvalue weighted by atomic mass is 32.2. The first kappa shape index (κ1) is 17.2. The SMILES string of the molecule is CCCNC(CCCc1ccccc1)C(C)S(C)(=O)=O. The number of hydrogen-bond donors (Lipinski definition) is 1. The van der Waals surface area contributed by atoms with Crippen molar-refractivity contribution in [2.75, 3.05) is 12.8 Å². The Kier molecular flexibility index (Phi) is 7.24. The number of hydrogen-bond acceptors (Lipinski definition) is 3. The molecule has 1 rings (SSSR count). The maximum absolute atomic E-state index is 11.7. The highest BCUT2D eigenvalue weighted by Gasteiger charge is 2.24. The number of rotatable bonds is 9. The molecule has 0 aliphatic carbocycles. The van der Waals surface area contributed by atoms with Gasteiger partial charge in [-0.1, -0.05) is 37.3 Å². The average molecular weight is 297 g/mol. The summed E-state index contributed by atoms with van der Waals surface area (Å²) in [5.41, 5.74) is 1.31. The number of nitrogens with one attached hydrogen (secondary N) is 1. The Morgan fingerprint density at radius 3 is 2.40 bits per heavy atom. The van der Waals surface area contributed by atoms with Crippen LogP contribution in [0.5, 0.6) is 0 Å². The Balaban J connectivity index is 2.52. The fourth-order valence-electron chi connectivity index (χ4n) is 2.30. The van der Waals surface area contributed by atoms with Gasteiger partial charge < -0.3 is 5.32 Å². The molecule has 0 aliphatic rings. The minimum Gasteiger partial charge on any atom is -0.313 e. The van der Waals surface area contributed by atoms with Crippen molar-refractivity contribution >= 4 is 9.84 Å². The van der Waals surface area contributed by atoms with Gasteiger partial charge in [-0.3, -0.25) is 0 Å². The molecule has 0 heterocycles. The third kappa shape index (κ3) is 6.06. The second kappa shape index (κ2) is 8.42. The summed E-state index contributed by atoms with van der Waals surface area (Å²) in [6, 6.07) is 10.4. The molecule has 114 valence electrons. The molecule has 1 aromatic rings. The Morgan fingerprint density at radius 1 is 1.20 bits per heavy atom. The highest BCUT2D eigenvalue weighted by molar-refractivity contribution is 7.91. The molecule has 1 N–H and O–H groups in total. The molecule has 0 fully saturated rings. The molecule has 0 aromatic heterocycles. The summed E-state index contributed by atoms with van der Waals surface area (Å²) in [5.74, 6) is 0. The summed E-state index contributed by atoms with van der Waals surface area (Å²) in [6.07, 6.45) is 5.25. The van der Waals surface area contributed by atoms with Crippen molar-refractivity contribution in [1.82, 2.24) is 5.32 Å². The normalized spacial score (nSPS) is 14.9. The lowest BCUT2D eigenvalue weighted by molar-refractivity contribution is 0.449. The van der Waals surface area contributed by atoms with Crippen LogP contribution in [0.25, 0.3) is 0 Å². The Morgan fingerprint density at radius 2 is 1.85 bits per heavy atom. The van der Waals surface area contributed by atoms with E-state index in [-0.39, 0.29) is 11.3 Å². The van der Waals surface area contributed by atoms with Crippen molar-refractivity contribution in [3.63, 3.8) is 0 Å². The van der Waals surface area contributed by atoms with Crippen LogP contribution in [0.4, 0.5) is 0 Å². The lowest BCUT2D eigenvalue weighted by atomic mass is 10.0. The number of sulfone groups is 1. The molecule has 2 atom stereocenters. The fourth-order valence-corrected chi connectivity index (χ4v) is 3.13. The molecule has 0 aliphatic heterocycles. The molecule has 4 heteroatoms. The molecular weight excluding hydrogens is 270 g/mol. The Labute approximate surface area is 123 Å². The molecule has 2 unspecified atom stereocenters. The molecular formula is C16H27NO2S. The van der Waals surface area contributed by atoms with Crippen LogP contribution in [-0.4, -0.2) is 32.5 Å². The lowest BCUT2D eigenvalue weighted by Crippen LogP contribution is -2.42. The maximum Gasteiger partial charge on any atom is 0.151 e. The van der Waals surface area contributed by atoms with Gasteiger partial charge in [0.05, 0.1) is 5.25 Å². The summed E-state index contributed by atoms with van der Waals surface area (Å²) < 4.78 is 23.5. The van der Waals surface area contributed by atoms with E-state index in [4.69, 9.17) is 0 Å². The zero-order valence-corrected chi connectivity index (χ0v) is 13.6. The van der Waals surface area contributed by atoms with Crippen LogP contribution in [0, 0.1) is 0 Å². The van der Waals surface area contributed by atoms with Gasteiger partial charge in [-0.25, -0.2) is 8.42 Å². The zero-order chi connectivity index (χ0) is 15.0. The third-order valence-electron chi connectivity index (χ3n) is 3.72. The van der Waals surface area contributed by atoms with Gasteiger partial charge in [0.2, 0.25) is 0 Å². The van der Waals surface area contributed by atoms with Crippen LogP contribution < -0.4 is 5.32 Å². The molecule has 0 amide bonds. The molecule has 0 saturated carbocycles. The number of aryl methyl sites for hydroxylation is 1. The van der Waals surface area contributed by atoms with Crippen molar-refractivity contribution in [2.24, 2.45) is 0 Å². The van der Waals surface area contributed by atoms with Crippen molar-refractivity contribution in [2.45, 2.75) is 50.8 Å². The van der Waals surface area contributed by atoms with E-state index in [9.17, 15) is 8.42 Å². The van der Waals surface area contributed by atoms with Crippen molar-refractivity contribution in [3.8, 4) is 0 Å². The Hall–Kier alpha value is -0.870. The van der Waals surface area contributed by atoms with Crippen molar-refractivity contribution < 1.29 is 8.42 Å². The van der Waals surface area contributed by atoms with E-state index in [0.29, 0.717) is 0 Å². The number of benzene rings is 1. The lowest BCUT2D eigenvalue weighted by Gasteiger charge is -2.24. The van der Waals surface area contributed by atoms with Gasteiger partial charge in [0.1, 0.15) is 0 Å². The topological polar surface area (TPSA) is 46.2 Å². The molecule has 0 radical (unpaired) electrons. The second-order valence-corrected chi connectivity index (χ2v) is 7.88. The highest BCUT2D eigenvalue weighted by Crippen LogP contribution is 2.13. The summed E-state index contributed by atoms with van der Waals surface area (Å²) in [4.78, 5) is 0. The van der Waals surface area contributed by atoms with E-state index >= 15 is 0 Å². The van der Waals surface area contributed by atoms with E-state index in [1.807, 2.05) is 25.1 Å². The first-order valence-corrected chi connectivity index (χ1v) is 9.36. The predicted octanol–water partition coefficient (Wildman–Crippen LogP) is 2.81. The molecule has 3 nitrogen and oxygen atoms in total. The summed E-state index contributed by atoms with van der Waals surface area (Å²) >= 11 is 0. The summed E-state index contributed by atoms with van der Waals surface area (Å²) in [5, 5.41) is 3.05. The molecule has 0 saturated heterocycles. The van der Waals surface area contributed by atoms with E-state index in [1.165, 1.54) is 11.8 Å². The van der Waals surface area contributed by atoms with Crippen LogP contribution in [0.2, 0.25) is 0 Å².